The smallest absolute Gasteiger partial charge is 0.0505 e. The maximum Gasteiger partial charge on any atom is 0.0505 e. The summed E-state index contributed by atoms with van der Waals surface area (Å²) in [4.78, 5) is 0. The molecule has 0 aliphatic rings. The first kappa shape index (κ1) is 12.0. The highest BCUT2D eigenvalue weighted by Crippen LogP contribution is 2.37. The van der Waals surface area contributed by atoms with Crippen LogP contribution in [0.15, 0.2) is 60.7 Å². The maximum atomic E-state index is 6.46. The molecule has 0 saturated heterocycles. The SMILES string of the molecule is Clc1cc(Cl)c2c(ccc3ccc4ccccc4c32)c1. The van der Waals surface area contributed by atoms with E-state index in [0.29, 0.717) is 10.0 Å². The third-order valence-corrected chi connectivity index (χ3v) is 4.26. The highest BCUT2D eigenvalue weighted by atomic mass is 35.5. The summed E-state index contributed by atoms with van der Waals surface area (Å²) in [6, 6.07) is 20.6. The summed E-state index contributed by atoms with van der Waals surface area (Å²) < 4.78 is 0. The Bertz CT molecular complexity index is 971. The van der Waals surface area contributed by atoms with E-state index in [1.165, 1.54) is 21.5 Å². The number of halogens is 2. The van der Waals surface area contributed by atoms with Crippen LogP contribution >= 0.6 is 23.2 Å². The molecule has 0 N–H and O–H groups in total. The normalized spacial score (nSPS) is 11.5. The molecule has 4 aromatic carbocycles. The third-order valence-electron chi connectivity index (χ3n) is 3.74. The van der Waals surface area contributed by atoms with Crippen molar-refractivity contribution in [2.24, 2.45) is 0 Å². The summed E-state index contributed by atoms with van der Waals surface area (Å²) in [6.07, 6.45) is 0. The molecule has 0 nitrogen and oxygen atoms in total. The van der Waals surface area contributed by atoms with Crippen LogP contribution in [0.25, 0.3) is 32.3 Å². The van der Waals surface area contributed by atoms with Crippen molar-refractivity contribution >= 4 is 55.5 Å². The van der Waals surface area contributed by atoms with Gasteiger partial charge in [0, 0.05) is 10.4 Å². The molecule has 0 unspecified atom stereocenters. The molecule has 0 heterocycles. The highest BCUT2D eigenvalue weighted by Gasteiger charge is 2.09. The van der Waals surface area contributed by atoms with Gasteiger partial charge in [-0.2, -0.15) is 0 Å². The Morgan fingerprint density at radius 2 is 1.30 bits per heavy atom. The minimum atomic E-state index is 0.669. The van der Waals surface area contributed by atoms with E-state index < -0.39 is 0 Å². The van der Waals surface area contributed by atoms with E-state index >= 15 is 0 Å². The van der Waals surface area contributed by atoms with Gasteiger partial charge in [-0.15, -0.1) is 0 Å². The van der Waals surface area contributed by atoms with Crippen molar-refractivity contribution in [1.29, 1.82) is 0 Å². The van der Waals surface area contributed by atoms with Crippen molar-refractivity contribution < 1.29 is 0 Å². The van der Waals surface area contributed by atoms with Crippen LogP contribution in [0.3, 0.4) is 0 Å². The van der Waals surface area contributed by atoms with Crippen molar-refractivity contribution in [3.05, 3.63) is 70.7 Å². The molecule has 0 amide bonds. The Morgan fingerprint density at radius 3 is 2.15 bits per heavy atom. The molecule has 0 saturated carbocycles. The minimum absolute atomic E-state index is 0.669. The third kappa shape index (κ3) is 1.69. The molecule has 0 atom stereocenters. The molecule has 4 aromatic rings. The second-order valence-electron chi connectivity index (χ2n) is 4.94. The van der Waals surface area contributed by atoms with Crippen molar-refractivity contribution in [1.82, 2.24) is 0 Å². The number of benzene rings is 4. The van der Waals surface area contributed by atoms with Gasteiger partial charge in [0.25, 0.3) is 0 Å². The van der Waals surface area contributed by atoms with Crippen LogP contribution in [-0.4, -0.2) is 0 Å². The van der Waals surface area contributed by atoms with Gasteiger partial charge in [-0.05, 0) is 39.1 Å². The van der Waals surface area contributed by atoms with E-state index in [9.17, 15) is 0 Å². The fourth-order valence-electron chi connectivity index (χ4n) is 2.87. The van der Waals surface area contributed by atoms with Gasteiger partial charge in [0.05, 0.1) is 5.02 Å². The highest BCUT2D eigenvalue weighted by molar-refractivity contribution is 6.41. The number of hydrogen-bond donors (Lipinski definition) is 0. The van der Waals surface area contributed by atoms with Gasteiger partial charge in [-0.25, -0.2) is 0 Å². The maximum absolute atomic E-state index is 6.46. The first-order valence-corrected chi connectivity index (χ1v) is 7.19. The van der Waals surface area contributed by atoms with Gasteiger partial charge >= 0.3 is 0 Å². The minimum Gasteiger partial charge on any atom is -0.0843 e. The average Bonchev–Trinajstić information content (AvgIpc) is 2.46. The van der Waals surface area contributed by atoms with E-state index in [0.717, 1.165) is 10.8 Å². The Hall–Kier alpha value is -1.76. The second kappa shape index (κ2) is 4.37. The molecule has 0 aromatic heterocycles. The van der Waals surface area contributed by atoms with Crippen molar-refractivity contribution in [2.45, 2.75) is 0 Å². The van der Waals surface area contributed by atoms with E-state index in [1.54, 1.807) is 0 Å². The second-order valence-corrected chi connectivity index (χ2v) is 5.78. The molecule has 4 rings (SSSR count). The standard InChI is InChI=1S/C18H10Cl2/c19-14-9-13-8-7-12-6-5-11-3-1-2-4-15(11)17(12)18(13)16(20)10-14/h1-10H. The van der Waals surface area contributed by atoms with E-state index in [4.69, 9.17) is 23.2 Å². The van der Waals surface area contributed by atoms with E-state index in [2.05, 4.69) is 48.5 Å². The summed E-state index contributed by atoms with van der Waals surface area (Å²) in [6.45, 7) is 0. The first-order chi connectivity index (χ1) is 9.74. The van der Waals surface area contributed by atoms with E-state index in [-0.39, 0.29) is 0 Å². The Balaban J connectivity index is 2.37. The predicted octanol–water partition coefficient (Wildman–Crippen LogP) is 6.45. The predicted molar refractivity (Wildman–Crippen MR) is 89.0 cm³/mol. The Morgan fingerprint density at radius 1 is 0.600 bits per heavy atom. The van der Waals surface area contributed by atoms with Crippen LogP contribution in [0.4, 0.5) is 0 Å². The van der Waals surface area contributed by atoms with Crippen LogP contribution < -0.4 is 0 Å². The zero-order valence-corrected chi connectivity index (χ0v) is 12.0. The molecule has 0 spiro atoms. The molecule has 96 valence electrons. The van der Waals surface area contributed by atoms with Gasteiger partial charge in [0.2, 0.25) is 0 Å². The molecule has 20 heavy (non-hydrogen) atoms. The fraction of sp³-hybridized carbons (Fsp3) is 0. The lowest BCUT2D eigenvalue weighted by molar-refractivity contribution is 1.77. The van der Waals surface area contributed by atoms with Crippen LogP contribution in [0, 0.1) is 0 Å². The molecule has 0 aliphatic heterocycles. The zero-order valence-electron chi connectivity index (χ0n) is 10.5. The average molecular weight is 297 g/mol. The number of rotatable bonds is 0. The van der Waals surface area contributed by atoms with Gasteiger partial charge < -0.3 is 0 Å². The van der Waals surface area contributed by atoms with Crippen molar-refractivity contribution in [3.63, 3.8) is 0 Å². The van der Waals surface area contributed by atoms with Crippen molar-refractivity contribution in [2.75, 3.05) is 0 Å². The Kier molecular flexibility index (Phi) is 2.63. The van der Waals surface area contributed by atoms with Crippen LogP contribution in [0.1, 0.15) is 0 Å². The zero-order chi connectivity index (χ0) is 13.7. The monoisotopic (exact) mass is 296 g/mol. The molecule has 0 fully saturated rings. The van der Waals surface area contributed by atoms with Gasteiger partial charge in [0.15, 0.2) is 0 Å². The molecular weight excluding hydrogens is 287 g/mol. The largest absolute Gasteiger partial charge is 0.0843 e. The lowest BCUT2D eigenvalue weighted by Gasteiger charge is -2.10. The molecular formula is C18H10Cl2. The first-order valence-electron chi connectivity index (χ1n) is 6.43. The summed E-state index contributed by atoms with van der Waals surface area (Å²) in [5.41, 5.74) is 0. The summed E-state index contributed by atoms with van der Waals surface area (Å²) in [5.74, 6) is 0. The summed E-state index contributed by atoms with van der Waals surface area (Å²) in [5, 5.41) is 8.36. The van der Waals surface area contributed by atoms with Gasteiger partial charge in [-0.3, -0.25) is 0 Å². The van der Waals surface area contributed by atoms with Crippen LogP contribution in [-0.2, 0) is 0 Å². The lowest BCUT2D eigenvalue weighted by Crippen LogP contribution is -1.82. The molecule has 0 bridgehead atoms. The summed E-state index contributed by atoms with van der Waals surface area (Å²) >= 11 is 12.6. The van der Waals surface area contributed by atoms with Gasteiger partial charge in [-0.1, -0.05) is 71.7 Å². The fourth-order valence-corrected chi connectivity index (χ4v) is 3.48. The van der Waals surface area contributed by atoms with E-state index in [1.807, 2.05) is 12.1 Å². The number of hydrogen-bond acceptors (Lipinski definition) is 0. The quantitative estimate of drug-likeness (QED) is 0.327. The van der Waals surface area contributed by atoms with Crippen molar-refractivity contribution in [3.8, 4) is 0 Å². The van der Waals surface area contributed by atoms with Gasteiger partial charge in [0.1, 0.15) is 0 Å². The number of fused-ring (bicyclic) bond motifs is 5. The topological polar surface area (TPSA) is 0 Å². The van der Waals surface area contributed by atoms with Crippen LogP contribution in [0.2, 0.25) is 10.0 Å². The molecule has 0 radical (unpaired) electrons. The molecule has 0 aliphatic carbocycles. The lowest BCUT2D eigenvalue weighted by atomic mass is 9.96. The summed E-state index contributed by atoms with van der Waals surface area (Å²) in [7, 11) is 0. The Labute approximate surface area is 126 Å². The van der Waals surface area contributed by atoms with Crippen LogP contribution in [0.5, 0.6) is 0 Å². The molecule has 2 heteroatoms.